The van der Waals surface area contributed by atoms with E-state index >= 15 is 0 Å². The second-order valence-corrected chi connectivity index (χ2v) is 15.4. The SMILES string of the molecule is CC(C)C[C@@H]1NC(=O)[C@H](Cc2ccccc2)NC(=O)[C@@H](Cc2ccccc2)N(C)C(=O)[C@H](C(C)C)NC(=O)[C@H](CCCCNC(=O)OCc2ccccc2)NC1=O. The van der Waals surface area contributed by atoms with Gasteiger partial charge >= 0.3 is 6.09 Å². The fourth-order valence-corrected chi connectivity index (χ4v) is 6.66. The number of hydrogen-bond acceptors (Lipinski definition) is 7. The lowest BCUT2D eigenvalue weighted by molar-refractivity contribution is -0.143. The predicted octanol–water partition coefficient (Wildman–Crippen LogP) is 4.05. The number of likely N-dealkylation sites (N-methyl/N-ethyl adjacent to an activating group) is 1. The van der Waals surface area contributed by atoms with Gasteiger partial charge in [0.25, 0.3) is 0 Å². The largest absolute Gasteiger partial charge is 0.445 e. The smallest absolute Gasteiger partial charge is 0.407 e. The molecule has 0 aromatic heterocycles. The number of hydrogen-bond donors (Lipinski definition) is 5. The summed E-state index contributed by atoms with van der Waals surface area (Å²) in [5.41, 5.74) is 2.45. The number of carbonyl (C=O) groups is 6. The maximum absolute atomic E-state index is 14.3. The van der Waals surface area contributed by atoms with Gasteiger partial charge in [-0.15, -0.1) is 0 Å². The Bertz CT molecular complexity index is 1770. The van der Waals surface area contributed by atoms with Gasteiger partial charge in [-0.25, -0.2) is 4.79 Å². The van der Waals surface area contributed by atoms with Gasteiger partial charge < -0.3 is 36.2 Å². The molecule has 0 bridgehead atoms. The normalized spacial score (nSPS) is 21.1. The third-order valence-electron chi connectivity index (χ3n) is 9.91. The van der Waals surface area contributed by atoms with Crippen molar-refractivity contribution in [1.82, 2.24) is 31.5 Å². The van der Waals surface area contributed by atoms with Gasteiger partial charge in [0.2, 0.25) is 29.5 Å². The number of rotatable bonds is 14. The van der Waals surface area contributed by atoms with Crippen LogP contribution in [0.1, 0.15) is 70.1 Å². The van der Waals surface area contributed by atoms with Crippen LogP contribution in [-0.2, 0) is 48.2 Å². The average molecular weight is 783 g/mol. The maximum Gasteiger partial charge on any atom is 0.407 e. The van der Waals surface area contributed by atoms with Gasteiger partial charge in [-0.2, -0.15) is 0 Å². The molecule has 0 saturated carbocycles. The van der Waals surface area contributed by atoms with Crippen molar-refractivity contribution in [3.8, 4) is 0 Å². The first-order valence-electron chi connectivity index (χ1n) is 19.8. The van der Waals surface area contributed by atoms with Gasteiger partial charge in [0.05, 0.1) is 0 Å². The van der Waals surface area contributed by atoms with E-state index in [1.807, 2.05) is 105 Å². The fourth-order valence-electron chi connectivity index (χ4n) is 6.66. The first-order chi connectivity index (χ1) is 27.3. The highest BCUT2D eigenvalue weighted by Crippen LogP contribution is 2.16. The second-order valence-electron chi connectivity index (χ2n) is 15.4. The molecule has 0 spiro atoms. The Morgan fingerprint density at radius 2 is 1.16 bits per heavy atom. The molecule has 4 rings (SSSR count). The monoisotopic (exact) mass is 782 g/mol. The van der Waals surface area contributed by atoms with E-state index in [1.54, 1.807) is 13.8 Å². The molecule has 3 aromatic rings. The zero-order chi connectivity index (χ0) is 41.3. The van der Waals surface area contributed by atoms with Crippen molar-refractivity contribution in [2.45, 2.75) is 103 Å². The highest BCUT2D eigenvalue weighted by atomic mass is 16.5. The summed E-state index contributed by atoms with van der Waals surface area (Å²) < 4.78 is 5.29. The predicted molar refractivity (Wildman–Crippen MR) is 217 cm³/mol. The van der Waals surface area contributed by atoms with Gasteiger partial charge in [0.1, 0.15) is 36.8 Å². The molecule has 13 nitrogen and oxygen atoms in total. The molecule has 6 amide bonds. The first kappa shape index (κ1) is 44.0. The summed E-state index contributed by atoms with van der Waals surface area (Å²) in [5.74, 6) is -3.14. The van der Waals surface area contributed by atoms with E-state index in [-0.39, 0.29) is 50.7 Å². The number of carbonyl (C=O) groups excluding carboxylic acids is 6. The van der Waals surface area contributed by atoms with Gasteiger partial charge in [0, 0.05) is 26.4 Å². The minimum atomic E-state index is -1.09. The molecule has 57 heavy (non-hydrogen) atoms. The van der Waals surface area contributed by atoms with Gasteiger partial charge in [-0.1, -0.05) is 119 Å². The number of unbranched alkanes of at least 4 members (excludes halogenated alkanes) is 1. The molecule has 5 atom stereocenters. The summed E-state index contributed by atoms with van der Waals surface area (Å²) in [7, 11) is 1.53. The van der Waals surface area contributed by atoms with Crippen LogP contribution in [0.15, 0.2) is 91.0 Å². The molecule has 5 N–H and O–H groups in total. The van der Waals surface area contributed by atoms with Crippen LogP contribution >= 0.6 is 0 Å². The number of nitrogens with zero attached hydrogens (tertiary/aromatic N) is 1. The summed E-state index contributed by atoms with van der Waals surface area (Å²) in [6.07, 6.45) is 1.06. The topological polar surface area (TPSA) is 175 Å². The molecule has 1 aliphatic heterocycles. The molecule has 0 aliphatic carbocycles. The second kappa shape index (κ2) is 22.1. The number of ether oxygens (including phenoxy) is 1. The minimum absolute atomic E-state index is 0.0165. The highest BCUT2D eigenvalue weighted by Gasteiger charge is 2.38. The molecule has 1 saturated heterocycles. The lowest BCUT2D eigenvalue weighted by Gasteiger charge is -2.33. The van der Waals surface area contributed by atoms with E-state index in [0.717, 1.165) is 16.7 Å². The summed E-state index contributed by atoms with van der Waals surface area (Å²) in [5, 5.41) is 14.3. The molecule has 0 radical (unpaired) electrons. The van der Waals surface area contributed by atoms with Crippen LogP contribution in [0.25, 0.3) is 0 Å². The number of benzene rings is 3. The van der Waals surface area contributed by atoms with Crippen LogP contribution in [0.4, 0.5) is 4.79 Å². The lowest BCUT2D eigenvalue weighted by atomic mass is 9.98. The number of alkyl carbamates (subject to hydrolysis) is 1. The summed E-state index contributed by atoms with van der Waals surface area (Å²) in [6.45, 7) is 7.83. The van der Waals surface area contributed by atoms with E-state index in [0.29, 0.717) is 12.8 Å². The van der Waals surface area contributed by atoms with Crippen LogP contribution in [0, 0.1) is 11.8 Å². The number of nitrogens with one attached hydrogen (secondary N) is 5. The Balaban J connectivity index is 1.61. The molecule has 0 unspecified atom stereocenters. The molecular formula is C44H58N6O7. The van der Waals surface area contributed by atoms with Crippen molar-refractivity contribution in [2.24, 2.45) is 11.8 Å². The van der Waals surface area contributed by atoms with Gasteiger partial charge in [0.15, 0.2) is 0 Å². The molecule has 1 heterocycles. The highest BCUT2D eigenvalue weighted by molar-refractivity contribution is 5.98. The third kappa shape index (κ3) is 14.1. The van der Waals surface area contributed by atoms with Crippen LogP contribution < -0.4 is 26.6 Å². The lowest BCUT2D eigenvalue weighted by Crippen LogP contribution is -2.59. The van der Waals surface area contributed by atoms with Crippen LogP contribution in [-0.4, -0.2) is 84.3 Å². The molecule has 1 aliphatic rings. The summed E-state index contributed by atoms with van der Waals surface area (Å²) in [6, 6.07) is 22.5. The van der Waals surface area contributed by atoms with Crippen LogP contribution in [0.2, 0.25) is 0 Å². The van der Waals surface area contributed by atoms with Crippen molar-refractivity contribution < 1.29 is 33.5 Å². The summed E-state index contributed by atoms with van der Waals surface area (Å²) in [4.78, 5) is 84.5. The fraction of sp³-hybridized carbons (Fsp3) is 0.455. The zero-order valence-electron chi connectivity index (χ0n) is 33.7. The Kier molecular flexibility index (Phi) is 17.1. The molecule has 13 heteroatoms. The van der Waals surface area contributed by atoms with Crippen molar-refractivity contribution >= 4 is 35.6 Å². The molecule has 3 aromatic carbocycles. The van der Waals surface area contributed by atoms with Gasteiger partial charge in [-0.3, -0.25) is 24.0 Å². The maximum atomic E-state index is 14.3. The first-order valence-corrected chi connectivity index (χ1v) is 19.8. The Morgan fingerprint density at radius 1 is 0.649 bits per heavy atom. The molecule has 1 fully saturated rings. The van der Waals surface area contributed by atoms with E-state index < -0.39 is 65.8 Å². The van der Waals surface area contributed by atoms with E-state index in [1.165, 1.54) is 11.9 Å². The van der Waals surface area contributed by atoms with Crippen molar-refractivity contribution in [1.29, 1.82) is 0 Å². The standard InChI is InChI=1S/C44H58N6O7/c1-29(2)25-35-40(52)46-34(23-15-16-24-45-44(56)57-28-33-21-13-8-14-22-33)39(51)49-38(30(3)4)43(55)50(5)37(27-32-19-11-7-12-20-32)42(54)48-36(41(53)47-35)26-31-17-9-6-10-18-31/h6-14,17-22,29-30,34-38H,15-16,23-28H2,1-5H3,(H,45,56)(H,46,52)(H,47,53)(H,48,54)(H,49,51)/t34-,35-,36-,37+,38-/m0/s1. The van der Waals surface area contributed by atoms with Crippen molar-refractivity contribution in [2.75, 3.05) is 13.6 Å². The Morgan fingerprint density at radius 3 is 1.74 bits per heavy atom. The minimum Gasteiger partial charge on any atom is -0.445 e. The number of amides is 6. The summed E-state index contributed by atoms with van der Waals surface area (Å²) >= 11 is 0. The quantitative estimate of drug-likeness (QED) is 0.153. The van der Waals surface area contributed by atoms with Crippen LogP contribution in [0.3, 0.4) is 0 Å². The van der Waals surface area contributed by atoms with E-state index in [2.05, 4.69) is 26.6 Å². The van der Waals surface area contributed by atoms with E-state index in [4.69, 9.17) is 4.74 Å². The average Bonchev–Trinajstić information content (AvgIpc) is 3.19. The van der Waals surface area contributed by atoms with Crippen molar-refractivity contribution in [3.05, 3.63) is 108 Å². The van der Waals surface area contributed by atoms with Gasteiger partial charge in [-0.05, 0) is 54.2 Å². The van der Waals surface area contributed by atoms with Crippen molar-refractivity contribution in [3.63, 3.8) is 0 Å². The van der Waals surface area contributed by atoms with Crippen LogP contribution in [0.5, 0.6) is 0 Å². The zero-order valence-corrected chi connectivity index (χ0v) is 33.7. The Hall–Kier alpha value is -5.72. The Labute approximate surface area is 336 Å². The third-order valence-corrected chi connectivity index (χ3v) is 9.91. The molecule has 306 valence electrons. The molecular weight excluding hydrogens is 725 g/mol. The van der Waals surface area contributed by atoms with E-state index in [9.17, 15) is 28.8 Å².